The summed E-state index contributed by atoms with van der Waals surface area (Å²) in [7, 11) is 0. The van der Waals surface area contributed by atoms with E-state index in [0.29, 0.717) is 15.1 Å². The van der Waals surface area contributed by atoms with Crippen LogP contribution >= 0.6 is 27.5 Å². The summed E-state index contributed by atoms with van der Waals surface area (Å²) in [5, 5.41) is 12.2. The smallest absolute Gasteiger partial charge is 0.337 e. The zero-order valence-corrected chi connectivity index (χ0v) is 13.3. The molecule has 0 heterocycles. The standard InChI is InChI=1S/C15H11BrClNO3/c1-8-2-5-13(10(6-8)15(20)21)18-14(19)9-3-4-11(16)12(17)7-9/h2-7H,1H3,(H,18,19)(H,20,21). The van der Waals surface area contributed by atoms with Crippen LogP contribution in [-0.4, -0.2) is 17.0 Å². The first-order chi connectivity index (χ1) is 9.88. The highest BCUT2D eigenvalue weighted by atomic mass is 79.9. The second-order valence-electron chi connectivity index (χ2n) is 4.44. The maximum absolute atomic E-state index is 12.2. The first-order valence-corrected chi connectivity index (χ1v) is 7.16. The van der Waals surface area contributed by atoms with Crippen molar-refractivity contribution in [2.45, 2.75) is 6.92 Å². The molecular formula is C15H11BrClNO3. The Labute approximate surface area is 134 Å². The molecule has 2 aromatic rings. The topological polar surface area (TPSA) is 66.4 Å². The normalized spacial score (nSPS) is 10.2. The van der Waals surface area contributed by atoms with Crippen LogP contribution in [0.3, 0.4) is 0 Å². The maximum atomic E-state index is 12.2. The van der Waals surface area contributed by atoms with Gasteiger partial charge in [-0.3, -0.25) is 4.79 Å². The molecule has 4 nitrogen and oxygen atoms in total. The molecule has 0 atom stereocenters. The molecule has 0 aliphatic heterocycles. The monoisotopic (exact) mass is 367 g/mol. The largest absolute Gasteiger partial charge is 0.478 e. The minimum Gasteiger partial charge on any atom is -0.478 e. The average Bonchev–Trinajstić information content (AvgIpc) is 2.43. The molecule has 0 saturated carbocycles. The summed E-state index contributed by atoms with van der Waals surface area (Å²) in [5.74, 6) is -1.52. The van der Waals surface area contributed by atoms with Gasteiger partial charge >= 0.3 is 5.97 Å². The predicted molar refractivity (Wildman–Crippen MR) is 85.2 cm³/mol. The van der Waals surface area contributed by atoms with Gasteiger partial charge in [0.15, 0.2) is 0 Å². The second-order valence-corrected chi connectivity index (χ2v) is 5.70. The van der Waals surface area contributed by atoms with E-state index in [1.165, 1.54) is 12.1 Å². The van der Waals surface area contributed by atoms with E-state index in [-0.39, 0.29) is 11.3 Å². The van der Waals surface area contributed by atoms with Crippen LogP contribution < -0.4 is 5.32 Å². The number of carboxylic acids is 1. The summed E-state index contributed by atoms with van der Waals surface area (Å²) in [4.78, 5) is 23.4. The lowest BCUT2D eigenvalue weighted by Gasteiger charge is -2.10. The second kappa shape index (κ2) is 6.28. The fraction of sp³-hybridized carbons (Fsp3) is 0.0667. The molecule has 108 valence electrons. The number of aryl methyl sites for hydroxylation is 1. The molecule has 0 aliphatic rings. The molecule has 2 aromatic carbocycles. The van der Waals surface area contributed by atoms with E-state index in [0.717, 1.165) is 5.56 Å². The summed E-state index contributed by atoms with van der Waals surface area (Å²) in [6, 6.07) is 9.57. The van der Waals surface area contributed by atoms with Crippen LogP contribution in [-0.2, 0) is 0 Å². The molecule has 0 saturated heterocycles. The fourth-order valence-corrected chi connectivity index (χ4v) is 2.20. The van der Waals surface area contributed by atoms with E-state index in [9.17, 15) is 14.7 Å². The third kappa shape index (κ3) is 3.62. The van der Waals surface area contributed by atoms with Crippen LogP contribution in [0.2, 0.25) is 5.02 Å². The minimum absolute atomic E-state index is 0.0477. The van der Waals surface area contributed by atoms with Crippen molar-refractivity contribution in [1.29, 1.82) is 0 Å². The van der Waals surface area contributed by atoms with Crippen molar-refractivity contribution >= 4 is 45.1 Å². The molecule has 6 heteroatoms. The Morgan fingerprint density at radius 2 is 1.90 bits per heavy atom. The highest BCUT2D eigenvalue weighted by molar-refractivity contribution is 9.10. The first-order valence-electron chi connectivity index (χ1n) is 5.99. The van der Waals surface area contributed by atoms with Gasteiger partial charge in [0.05, 0.1) is 16.3 Å². The summed E-state index contributed by atoms with van der Waals surface area (Å²) in [6.45, 7) is 1.78. The molecule has 0 radical (unpaired) electrons. The number of carbonyl (C=O) groups excluding carboxylic acids is 1. The fourth-order valence-electron chi connectivity index (χ4n) is 1.78. The van der Waals surface area contributed by atoms with Crippen LogP contribution in [0.25, 0.3) is 0 Å². The number of carbonyl (C=O) groups is 2. The van der Waals surface area contributed by atoms with E-state index >= 15 is 0 Å². The molecule has 2 rings (SSSR count). The van der Waals surface area contributed by atoms with Gasteiger partial charge in [-0.15, -0.1) is 0 Å². The molecule has 0 fully saturated rings. The molecule has 0 unspecified atom stereocenters. The molecule has 0 bridgehead atoms. The van der Waals surface area contributed by atoms with Gasteiger partial charge in [0.1, 0.15) is 0 Å². The number of carboxylic acid groups (broad SMARTS) is 1. The van der Waals surface area contributed by atoms with Gasteiger partial charge in [-0.1, -0.05) is 23.2 Å². The molecule has 0 aromatic heterocycles. The lowest BCUT2D eigenvalue weighted by Crippen LogP contribution is -2.15. The number of rotatable bonds is 3. The van der Waals surface area contributed by atoms with Crippen molar-refractivity contribution in [3.8, 4) is 0 Å². The van der Waals surface area contributed by atoms with E-state index in [1.807, 2.05) is 0 Å². The van der Waals surface area contributed by atoms with Gasteiger partial charge in [-0.2, -0.15) is 0 Å². The van der Waals surface area contributed by atoms with Gasteiger partial charge in [-0.25, -0.2) is 4.79 Å². The Morgan fingerprint density at radius 3 is 2.52 bits per heavy atom. The van der Waals surface area contributed by atoms with Crippen LogP contribution in [0, 0.1) is 6.92 Å². The summed E-state index contributed by atoms with van der Waals surface area (Å²) in [5.41, 5.74) is 1.45. The molecule has 1 amide bonds. The maximum Gasteiger partial charge on any atom is 0.337 e. The third-order valence-corrected chi connectivity index (χ3v) is 4.07. The highest BCUT2D eigenvalue weighted by Gasteiger charge is 2.14. The number of benzene rings is 2. The number of anilines is 1. The zero-order chi connectivity index (χ0) is 15.6. The molecule has 21 heavy (non-hydrogen) atoms. The van der Waals surface area contributed by atoms with Crippen LogP contribution in [0.1, 0.15) is 26.3 Å². The van der Waals surface area contributed by atoms with Gasteiger partial charge in [-0.05, 0) is 53.2 Å². The predicted octanol–water partition coefficient (Wildman–Crippen LogP) is 4.36. The number of hydrogen-bond donors (Lipinski definition) is 2. The molecule has 0 aliphatic carbocycles. The minimum atomic E-state index is -1.09. The van der Waals surface area contributed by atoms with Gasteiger partial charge in [0, 0.05) is 10.0 Å². The Morgan fingerprint density at radius 1 is 1.19 bits per heavy atom. The van der Waals surface area contributed by atoms with Crippen molar-refractivity contribution in [1.82, 2.24) is 0 Å². The Bertz CT molecular complexity index is 731. The van der Waals surface area contributed by atoms with E-state index in [4.69, 9.17) is 11.6 Å². The quantitative estimate of drug-likeness (QED) is 0.846. The van der Waals surface area contributed by atoms with Crippen molar-refractivity contribution in [2.75, 3.05) is 5.32 Å². The van der Waals surface area contributed by atoms with Gasteiger partial charge in [0.25, 0.3) is 5.91 Å². The van der Waals surface area contributed by atoms with Crippen molar-refractivity contribution in [3.63, 3.8) is 0 Å². The summed E-state index contributed by atoms with van der Waals surface area (Å²) in [6.07, 6.45) is 0. The van der Waals surface area contributed by atoms with Crippen LogP contribution in [0.5, 0.6) is 0 Å². The van der Waals surface area contributed by atoms with E-state index in [1.54, 1.807) is 31.2 Å². The molecular weight excluding hydrogens is 358 g/mol. The van der Waals surface area contributed by atoms with Crippen molar-refractivity contribution < 1.29 is 14.7 Å². The highest BCUT2D eigenvalue weighted by Crippen LogP contribution is 2.24. The number of nitrogens with one attached hydrogen (secondary N) is 1. The number of aromatic carboxylic acids is 1. The SMILES string of the molecule is Cc1ccc(NC(=O)c2ccc(Br)c(Cl)c2)c(C(=O)O)c1. The van der Waals surface area contributed by atoms with Crippen molar-refractivity contribution in [2.24, 2.45) is 0 Å². The average molecular weight is 369 g/mol. The zero-order valence-electron chi connectivity index (χ0n) is 11.0. The van der Waals surface area contributed by atoms with E-state index in [2.05, 4.69) is 21.2 Å². The number of amides is 1. The van der Waals surface area contributed by atoms with Gasteiger partial charge < -0.3 is 10.4 Å². The molecule has 0 spiro atoms. The lowest BCUT2D eigenvalue weighted by atomic mass is 10.1. The first kappa shape index (κ1) is 15.5. The van der Waals surface area contributed by atoms with Gasteiger partial charge in [0.2, 0.25) is 0 Å². The summed E-state index contributed by atoms with van der Waals surface area (Å²) < 4.78 is 0.683. The lowest BCUT2D eigenvalue weighted by molar-refractivity contribution is 0.0698. The Balaban J connectivity index is 2.31. The number of halogens is 2. The van der Waals surface area contributed by atoms with Crippen LogP contribution in [0.4, 0.5) is 5.69 Å². The molecule has 2 N–H and O–H groups in total. The van der Waals surface area contributed by atoms with Crippen LogP contribution in [0.15, 0.2) is 40.9 Å². The van der Waals surface area contributed by atoms with E-state index < -0.39 is 11.9 Å². The van der Waals surface area contributed by atoms with Crippen molar-refractivity contribution in [3.05, 3.63) is 62.6 Å². The Hall–Kier alpha value is -1.85. The number of hydrogen-bond acceptors (Lipinski definition) is 2. The Kier molecular flexibility index (Phi) is 4.65. The third-order valence-electron chi connectivity index (χ3n) is 2.84. The summed E-state index contributed by atoms with van der Waals surface area (Å²) >= 11 is 9.18.